The molecule has 1 aliphatic heterocycles. The fourth-order valence-corrected chi connectivity index (χ4v) is 3.80. The van der Waals surface area contributed by atoms with Crippen molar-refractivity contribution >= 4 is 0 Å². The van der Waals surface area contributed by atoms with Gasteiger partial charge in [-0.25, -0.2) is 4.98 Å². The van der Waals surface area contributed by atoms with Gasteiger partial charge in [0, 0.05) is 23.7 Å². The largest absolute Gasteiger partial charge is 0.487 e. The van der Waals surface area contributed by atoms with Gasteiger partial charge in [0.1, 0.15) is 17.2 Å². The van der Waals surface area contributed by atoms with Crippen molar-refractivity contribution in [1.29, 1.82) is 5.26 Å². The number of nitrogens with zero attached hydrogens (tertiary/aromatic N) is 3. The Balaban J connectivity index is 1.89. The number of benzene rings is 2. The minimum Gasteiger partial charge on any atom is -0.487 e. The number of ether oxygens (including phenoxy) is 1. The lowest BCUT2D eigenvalue weighted by atomic mass is 9.88. The second-order valence-electron chi connectivity index (χ2n) is 7.93. The third kappa shape index (κ3) is 3.21. The molecule has 1 aromatic heterocycles. The Bertz CT molecular complexity index is 1040. The fourth-order valence-electron chi connectivity index (χ4n) is 3.80. The van der Waals surface area contributed by atoms with Crippen molar-refractivity contribution in [1.82, 2.24) is 9.55 Å². The lowest BCUT2D eigenvalue weighted by molar-refractivity contribution is 0.0673. The lowest BCUT2D eigenvalue weighted by Gasteiger charge is -2.38. The van der Waals surface area contributed by atoms with Gasteiger partial charge in [-0.05, 0) is 45.9 Å². The molecule has 0 radical (unpaired) electrons. The molecule has 0 fully saturated rings. The van der Waals surface area contributed by atoms with Crippen LogP contribution in [-0.2, 0) is 0 Å². The highest BCUT2D eigenvalue weighted by molar-refractivity contribution is 5.58. The summed E-state index contributed by atoms with van der Waals surface area (Å²) in [5, 5.41) is 9.35. The third-order valence-electron chi connectivity index (χ3n) is 5.07. The van der Waals surface area contributed by atoms with Crippen molar-refractivity contribution in [2.24, 2.45) is 0 Å². The molecule has 4 nitrogen and oxygen atoms in total. The summed E-state index contributed by atoms with van der Waals surface area (Å²) in [6, 6.07) is 16.4. The molecule has 4 heteroatoms. The monoisotopic (exact) mass is 357 g/mol. The molecule has 2 heterocycles. The van der Waals surface area contributed by atoms with Crippen molar-refractivity contribution in [2.45, 2.75) is 45.8 Å². The van der Waals surface area contributed by atoms with Crippen molar-refractivity contribution in [2.75, 3.05) is 0 Å². The van der Waals surface area contributed by atoms with Crippen LogP contribution < -0.4 is 4.74 Å². The van der Waals surface area contributed by atoms with E-state index < -0.39 is 0 Å². The lowest BCUT2D eigenvalue weighted by Crippen LogP contribution is -2.37. The van der Waals surface area contributed by atoms with Gasteiger partial charge < -0.3 is 9.30 Å². The Morgan fingerprint density at radius 3 is 2.59 bits per heavy atom. The molecule has 0 amide bonds. The highest BCUT2D eigenvalue weighted by Gasteiger charge is 2.36. The van der Waals surface area contributed by atoms with Gasteiger partial charge >= 0.3 is 0 Å². The van der Waals surface area contributed by atoms with E-state index in [1.807, 2.05) is 25.1 Å². The molecule has 2 aromatic carbocycles. The van der Waals surface area contributed by atoms with Crippen molar-refractivity contribution in [3.8, 4) is 23.2 Å². The first kappa shape index (κ1) is 17.4. The van der Waals surface area contributed by atoms with E-state index in [4.69, 9.17) is 9.72 Å². The fraction of sp³-hybridized carbons (Fsp3) is 0.304. The van der Waals surface area contributed by atoms with Gasteiger partial charge in [0.15, 0.2) is 0 Å². The van der Waals surface area contributed by atoms with Gasteiger partial charge in [0.05, 0.1) is 23.4 Å². The van der Waals surface area contributed by atoms with E-state index in [9.17, 15) is 5.26 Å². The van der Waals surface area contributed by atoms with Crippen LogP contribution in [0.2, 0.25) is 0 Å². The molecule has 4 rings (SSSR count). The highest BCUT2D eigenvalue weighted by atomic mass is 16.5. The Kier molecular flexibility index (Phi) is 4.04. The van der Waals surface area contributed by atoms with Gasteiger partial charge in [-0.2, -0.15) is 5.26 Å². The molecule has 0 spiro atoms. The van der Waals surface area contributed by atoms with Crippen LogP contribution in [0.25, 0.3) is 11.4 Å². The maximum atomic E-state index is 9.35. The number of fused-ring (bicyclic) bond motifs is 1. The molecule has 0 saturated carbocycles. The normalized spacial score (nSPS) is 17.7. The van der Waals surface area contributed by atoms with Crippen molar-refractivity contribution in [3.05, 3.63) is 71.0 Å². The topological polar surface area (TPSA) is 50.8 Å². The van der Waals surface area contributed by atoms with Crippen LogP contribution in [0, 0.1) is 25.2 Å². The van der Waals surface area contributed by atoms with Crippen LogP contribution in [0.3, 0.4) is 0 Å². The molecule has 0 bridgehead atoms. The van der Waals surface area contributed by atoms with Gasteiger partial charge in [-0.3, -0.25) is 0 Å². The van der Waals surface area contributed by atoms with Crippen LogP contribution >= 0.6 is 0 Å². The quantitative estimate of drug-likeness (QED) is 0.634. The van der Waals surface area contributed by atoms with E-state index >= 15 is 0 Å². The van der Waals surface area contributed by atoms with Gasteiger partial charge in [0.25, 0.3) is 0 Å². The summed E-state index contributed by atoms with van der Waals surface area (Å²) in [6.45, 7) is 8.32. The molecular weight excluding hydrogens is 334 g/mol. The van der Waals surface area contributed by atoms with E-state index in [2.05, 4.69) is 61.9 Å². The molecule has 0 unspecified atom stereocenters. The predicted molar refractivity (Wildman–Crippen MR) is 106 cm³/mol. The number of nitriles is 1. The number of hydrogen-bond acceptors (Lipinski definition) is 3. The van der Waals surface area contributed by atoms with E-state index in [-0.39, 0.29) is 11.6 Å². The van der Waals surface area contributed by atoms with E-state index in [1.165, 1.54) is 5.56 Å². The second-order valence-corrected chi connectivity index (χ2v) is 7.93. The van der Waals surface area contributed by atoms with Crippen LogP contribution in [0.4, 0.5) is 0 Å². The van der Waals surface area contributed by atoms with Crippen LogP contribution in [0.1, 0.15) is 48.7 Å². The average molecular weight is 357 g/mol. The SMILES string of the molecule is Cc1ccc(-c2nc(C)cn2[C@H]2CC(C)(C)Oc3ccc(C#N)cc32)cc1. The summed E-state index contributed by atoms with van der Waals surface area (Å²) in [6.07, 6.45) is 2.91. The summed E-state index contributed by atoms with van der Waals surface area (Å²) in [7, 11) is 0. The zero-order valence-corrected chi connectivity index (χ0v) is 16.2. The Hall–Kier alpha value is -3.06. The van der Waals surface area contributed by atoms with Crippen LogP contribution in [-0.4, -0.2) is 15.2 Å². The van der Waals surface area contributed by atoms with Crippen LogP contribution in [0.5, 0.6) is 5.75 Å². The summed E-state index contributed by atoms with van der Waals surface area (Å²) in [4.78, 5) is 4.81. The van der Waals surface area contributed by atoms with Crippen molar-refractivity contribution in [3.63, 3.8) is 0 Å². The third-order valence-corrected chi connectivity index (χ3v) is 5.07. The summed E-state index contributed by atoms with van der Waals surface area (Å²) >= 11 is 0. The van der Waals surface area contributed by atoms with Gasteiger partial charge in [0.2, 0.25) is 0 Å². The number of aromatic nitrogens is 2. The van der Waals surface area contributed by atoms with Gasteiger partial charge in [-0.1, -0.05) is 29.8 Å². The standard InChI is InChI=1S/C23H23N3O/c1-15-5-8-18(9-6-15)22-25-16(2)14-26(22)20-12-23(3,4)27-21-10-7-17(13-24)11-19(20)21/h5-11,14,20H,12H2,1-4H3/t20-/m0/s1. The molecule has 0 aliphatic carbocycles. The first-order valence-electron chi connectivity index (χ1n) is 9.22. The van der Waals surface area contributed by atoms with E-state index in [0.717, 1.165) is 34.8 Å². The molecule has 136 valence electrons. The molecule has 0 saturated heterocycles. The zero-order valence-electron chi connectivity index (χ0n) is 16.2. The predicted octanol–water partition coefficient (Wildman–Crippen LogP) is 5.19. The Labute approximate surface area is 160 Å². The minimum atomic E-state index is -0.297. The van der Waals surface area contributed by atoms with Crippen LogP contribution in [0.15, 0.2) is 48.7 Å². The number of aryl methyl sites for hydroxylation is 2. The number of imidazole rings is 1. The minimum absolute atomic E-state index is 0.0644. The second kappa shape index (κ2) is 6.28. The average Bonchev–Trinajstić information content (AvgIpc) is 3.02. The van der Waals surface area contributed by atoms with E-state index in [1.54, 1.807) is 0 Å². The summed E-state index contributed by atoms with van der Waals surface area (Å²) in [5.41, 5.74) is 4.69. The Morgan fingerprint density at radius 2 is 1.89 bits per heavy atom. The number of rotatable bonds is 2. The summed E-state index contributed by atoms with van der Waals surface area (Å²) in [5.74, 6) is 1.79. The molecule has 1 atom stereocenters. The maximum Gasteiger partial charge on any atom is 0.140 e. The maximum absolute atomic E-state index is 9.35. The zero-order chi connectivity index (χ0) is 19.2. The molecular formula is C23H23N3O. The smallest absolute Gasteiger partial charge is 0.140 e. The molecule has 27 heavy (non-hydrogen) atoms. The first-order chi connectivity index (χ1) is 12.9. The van der Waals surface area contributed by atoms with Gasteiger partial charge in [-0.15, -0.1) is 0 Å². The Morgan fingerprint density at radius 1 is 1.15 bits per heavy atom. The van der Waals surface area contributed by atoms with Crippen molar-refractivity contribution < 1.29 is 4.74 Å². The molecule has 0 N–H and O–H groups in total. The molecule has 3 aromatic rings. The number of hydrogen-bond donors (Lipinski definition) is 0. The first-order valence-corrected chi connectivity index (χ1v) is 9.22. The molecule has 1 aliphatic rings. The van der Waals surface area contributed by atoms with E-state index in [0.29, 0.717) is 5.56 Å². The summed E-state index contributed by atoms with van der Waals surface area (Å²) < 4.78 is 8.44. The highest BCUT2D eigenvalue weighted by Crippen LogP contribution is 2.43.